The molecule has 1 aromatic carbocycles. The van der Waals surface area contributed by atoms with Gasteiger partial charge in [-0.1, -0.05) is 6.07 Å². The van der Waals surface area contributed by atoms with Gasteiger partial charge in [0.25, 0.3) is 0 Å². The van der Waals surface area contributed by atoms with E-state index in [2.05, 4.69) is 20.3 Å². The second-order valence-corrected chi connectivity index (χ2v) is 7.72. The average molecular weight is 471 g/mol. The van der Waals surface area contributed by atoms with E-state index in [-0.39, 0.29) is 12.4 Å². The molecule has 1 fully saturated rings. The molecule has 0 bridgehead atoms. The zero-order valence-corrected chi connectivity index (χ0v) is 18.9. The van der Waals surface area contributed by atoms with Crippen molar-refractivity contribution in [1.29, 1.82) is 0 Å². The van der Waals surface area contributed by atoms with Crippen LogP contribution in [0.15, 0.2) is 30.9 Å². The Morgan fingerprint density at radius 3 is 2.79 bits per heavy atom. The second-order valence-electron chi connectivity index (χ2n) is 7.72. The molecule has 0 saturated carbocycles. The third kappa shape index (κ3) is 5.01. The zero-order chi connectivity index (χ0) is 24.2. The number of rotatable bonds is 8. The van der Waals surface area contributed by atoms with Crippen molar-refractivity contribution >= 4 is 28.9 Å². The van der Waals surface area contributed by atoms with Crippen LogP contribution in [0, 0.1) is 0 Å². The van der Waals surface area contributed by atoms with E-state index >= 15 is 0 Å². The topological polar surface area (TPSA) is 147 Å². The van der Waals surface area contributed by atoms with Crippen LogP contribution in [0.25, 0.3) is 11.2 Å². The van der Waals surface area contributed by atoms with Gasteiger partial charge in [0.2, 0.25) is 0 Å². The number of imidazole rings is 1. The summed E-state index contributed by atoms with van der Waals surface area (Å²) in [6, 6.07) is 5.06. The number of esters is 2. The number of phenolic OH excluding ortho intramolecular Hbond substituents is 1. The van der Waals surface area contributed by atoms with E-state index in [0.29, 0.717) is 35.7 Å². The van der Waals surface area contributed by atoms with Gasteiger partial charge in [-0.2, -0.15) is 0 Å². The van der Waals surface area contributed by atoms with Crippen molar-refractivity contribution in [3.63, 3.8) is 0 Å². The molecule has 1 unspecified atom stereocenters. The van der Waals surface area contributed by atoms with Gasteiger partial charge in [-0.05, 0) is 17.7 Å². The van der Waals surface area contributed by atoms with E-state index in [0.717, 1.165) is 5.56 Å². The number of fused-ring (bicyclic) bond motifs is 1. The lowest BCUT2D eigenvalue weighted by molar-refractivity contribution is -0.155. The Morgan fingerprint density at radius 2 is 2.06 bits per heavy atom. The predicted molar refractivity (Wildman–Crippen MR) is 118 cm³/mol. The summed E-state index contributed by atoms with van der Waals surface area (Å²) in [5.74, 6) is 0.0564. The average Bonchev–Trinajstić information content (AvgIpc) is 3.40. The fourth-order valence-electron chi connectivity index (χ4n) is 3.77. The van der Waals surface area contributed by atoms with Crippen LogP contribution in [0.4, 0.5) is 5.82 Å². The number of ether oxygens (including phenoxy) is 4. The number of nitrogens with zero attached hydrogens (tertiary/aromatic N) is 4. The van der Waals surface area contributed by atoms with E-state index in [9.17, 15) is 14.7 Å². The Kier molecular flexibility index (Phi) is 6.77. The fourth-order valence-corrected chi connectivity index (χ4v) is 3.77. The van der Waals surface area contributed by atoms with Gasteiger partial charge in [-0.25, -0.2) is 15.0 Å². The molecule has 1 aliphatic rings. The smallest absolute Gasteiger partial charge is 0.303 e. The fraction of sp³-hybridized carbons (Fsp3) is 0.409. The van der Waals surface area contributed by atoms with Gasteiger partial charge < -0.3 is 29.4 Å². The zero-order valence-electron chi connectivity index (χ0n) is 18.9. The van der Waals surface area contributed by atoms with Crippen LogP contribution in [0.5, 0.6) is 11.5 Å². The van der Waals surface area contributed by atoms with Crippen LogP contribution < -0.4 is 10.1 Å². The monoisotopic (exact) mass is 471 g/mol. The highest BCUT2D eigenvalue weighted by Crippen LogP contribution is 2.34. The number of carbonyl (C=O) groups is 2. The van der Waals surface area contributed by atoms with Crippen LogP contribution in [-0.2, 0) is 30.3 Å². The van der Waals surface area contributed by atoms with Crippen molar-refractivity contribution in [2.45, 2.75) is 45.2 Å². The number of carbonyl (C=O) groups excluding carboxylic acids is 2. The third-order valence-electron chi connectivity index (χ3n) is 5.32. The largest absolute Gasteiger partial charge is 0.504 e. The molecule has 3 heterocycles. The number of aromatic hydroxyl groups is 1. The number of anilines is 1. The first-order chi connectivity index (χ1) is 16.4. The van der Waals surface area contributed by atoms with E-state index in [4.69, 9.17) is 18.9 Å². The molecule has 2 aromatic heterocycles. The Balaban J connectivity index is 1.53. The lowest BCUT2D eigenvalue weighted by Gasteiger charge is -2.17. The molecule has 12 heteroatoms. The number of methoxy groups -OCH3 is 1. The van der Waals surface area contributed by atoms with Crippen molar-refractivity contribution < 1.29 is 33.6 Å². The van der Waals surface area contributed by atoms with Gasteiger partial charge in [0.15, 0.2) is 28.5 Å². The molecule has 180 valence electrons. The minimum absolute atomic E-state index is 0.0334. The maximum atomic E-state index is 11.5. The first kappa shape index (κ1) is 23.2. The molecule has 1 saturated heterocycles. The summed E-state index contributed by atoms with van der Waals surface area (Å²) in [5, 5.41) is 13.0. The van der Waals surface area contributed by atoms with Crippen molar-refractivity contribution in [2.75, 3.05) is 19.0 Å². The maximum absolute atomic E-state index is 11.5. The van der Waals surface area contributed by atoms with Crippen molar-refractivity contribution in [3.8, 4) is 11.5 Å². The molecule has 4 rings (SSSR count). The predicted octanol–water partition coefficient (Wildman–Crippen LogP) is 1.93. The molecular formula is C22H25N5O7. The van der Waals surface area contributed by atoms with Gasteiger partial charge >= 0.3 is 11.9 Å². The second kappa shape index (κ2) is 9.91. The highest BCUT2D eigenvalue weighted by atomic mass is 16.6. The lowest BCUT2D eigenvalue weighted by Crippen LogP contribution is -2.31. The summed E-state index contributed by atoms with van der Waals surface area (Å²) < 4.78 is 23.4. The summed E-state index contributed by atoms with van der Waals surface area (Å²) >= 11 is 0. The summed E-state index contributed by atoms with van der Waals surface area (Å²) in [7, 11) is 1.49. The molecule has 3 aromatic rings. The van der Waals surface area contributed by atoms with Crippen LogP contribution in [0.2, 0.25) is 0 Å². The van der Waals surface area contributed by atoms with Crippen LogP contribution in [0.3, 0.4) is 0 Å². The minimum atomic E-state index is -0.612. The molecule has 0 radical (unpaired) electrons. The minimum Gasteiger partial charge on any atom is -0.504 e. The Morgan fingerprint density at radius 1 is 1.24 bits per heavy atom. The molecule has 0 amide bonds. The van der Waals surface area contributed by atoms with E-state index < -0.39 is 30.4 Å². The summed E-state index contributed by atoms with van der Waals surface area (Å²) in [5.41, 5.74) is 1.93. The first-order valence-electron chi connectivity index (χ1n) is 10.6. The standard InChI is InChI=1S/C22H25N5O7/c1-12(28)32-9-18-17(33-13(2)29)7-19(34-18)27-11-26-20-21(24-10-25-22(20)27)23-8-14-4-5-15(30)16(6-14)31-3/h4-6,10-11,17-19,30H,7-9H2,1-3H3,(H,23,24,25)/t17-,18?,19-/m1/s1. The first-order valence-corrected chi connectivity index (χ1v) is 10.6. The Hall–Kier alpha value is -3.93. The van der Waals surface area contributed by atoms with E-state index in [1.54, 1.807) is 29.1 Å². The molecular weight excluding hydrogens is 446 g/mol. The van der Waals surface area contributed by atoms with Crippen LogP contribution in [0.1, 0.15) is 32.1 Å². The van der Waals surface area contributed by atoms with Crippen LogP contribution in [-0.4, -0.2) is 62.5 Å². The van der Waals surface area contributed by atoms with Gasteiger partial charge in [0.05, 0.1) is 13.4 Å². The molecule has 1 aliphatic heterocycles. The van der Waals surface area contributed by atoms with E-state index in [1.807, 2.05) is 0 Å². The Labute approximate surface area is 194 Å². The normalized spacial score (nSPS) is 19.7. The molecule has 0 aliphatic carbocycles. The third-order valence-corrected chi connectivity index (χ3v) is 5.32. The number of aromatic nitrogens is 4. The van der Waals surface area contributed by atoms with E-state index in [1.165, 1.54) is 27.3 Å². The maximum Gasteiger partial charge on any atom is 0.303 e. The number of hydrogen-bond donors (Lipinski definition) is 2. The highest BCUT2D eigenvalue weighted by Gasteiger charge is 2.40. The molecule has 34 heavy (non-hydrogen) atoms. The van der Waals surface area contributed by atoms with Gasteiger partial charge in [-0.15, -0.1) is 0 Å². The highest BCUT2D eigenvalue weighted by molar-refractivity contribution is 5.82. The van der Waals surface area contributed by atoms with Crippen molar-refractivity contribution in [1.82, 2.24) is 19.5 Å². The Bertz CT molecular complexity index is 1200. The number of nitrogens with one attached hydrogen (secondary N) is 1. The quantitative estimate of drug-likeness (QED) is 0.464. The molecule has 12 nitrogen and oxygen atoms in total. The van der Waals surface area contributed by atoms with Gasteiger partial charge in [0.1, 0.15) is 31.4 Å². The van der Waals surface area contributed by atoms with Crippen molar-refractivity contribution in [3.05, 3.63) is 36.4 Å². The molecule has 3 atom stereocenters. The number of phenols is 1. The number of hydrogen-bond acceptors (Lipinski definition) is 11. The van der Waals surface area contributed by atoms with Gasteiger partial charge in [-0.3, -0.25) is 14.2 Å². The van der Waals surface area contributed by atoms with Crippen LogP contribution >= 0.6 is 0 Å². The SMILES string of the molecule is COc1cc(CNc2ncnc3c2ncn3[C@H]2C[C@@H](OC(C)=O)C(COC(C)=O)O2)ccc1O. The summed E-state index contributed by atoms with van der Waals surface area (Å²) in [4.78, 5) is 35.8. The number of benzene rings is 1. The molecule has 0 spiro atoms. The van der Waals surface area contributed by atoms with Gasteiger partial charge in [0, 0.05) is 26.8 Å². The molecule has 2 N–H and O–H groups in total. The lowest BCUT2D eigenvalue weighted by atomic mass is 10.2. The summed E-state index contributed by atoms with van der Waals surface area (Å²) in [6.07, 6.45) is 1.62. The van der Waals surface area contributed by atoms with Crippen molar-refractivity contribution in [2.24, 2.45) is 0 Å². The summed E-state index contributed by atoms with van der Waals surface area (Å²) in [6.45, 7) is 3.00.